The Morgan fingerprint density at radius 3 is 2.58 bits per heavy atom. The fraction of sp³-hybridized carbons (Fsp3) is 0.500. The van der Waals surface area contributed by atoms with Crippen molar-refractivity contribution in [1.82, 2.24) is 19.2 Å². The Kier molecular flexibility index (Phi) is 6.23. The lowest BCUT2D eigenvalue weighted by Gasteiger charge is -2.33. The summed E-state index contributed by atoms with van der Waals surface area (Å²) in [6, 6.07) is 5.77. The standard InChI is InChI=1S/C24H28BrN5O3/c1-24(2,3)33-23(32)29-9-6-17(7-10-29)30-21-19(14-27-30)20-16(5-8-25)11-15(13-26)12-18(20)22(31)28(21)4/h11-12,14,17H,5-10H2,1-4H3. The molecule has 0 N–H and O–H groups in total. The van der Waals surface area contributed by atoms with Crippen LogP contribution >= 0.6 is 15.9 Å². The summed E-state index contributed by atoms with van der Waals surface area (Å²) < 4.78 is 9.06. The van der Waals surface area contributed by atoms with E-state index in [2.05, 4.69) is 27.1 Å². The van der Waals surface area contributed by atoms with Crippen LogP contribution in [-0.2, 0) is 18.2 Å². The summed E-state index contributed by atoms with van der Waals surface area (Å²) in [5.41, 5.74) is 1.55. The maximum Gasteiger partial charge on any atom is 0.410 e. The first kappa shape index (κ1) is 23.3. The number of benzene rings is 1. The molecule has 9 heteroatoms. The molecule has 1 aromatic carbocycles. The minimum atomic E-state index is -0.524. The van der Waals surface area contributed by atoms with E-state index in [9.17, 15) is 14.9 Å². The lowest BCUT2D eigenvalue weighted by atomic mass is 9.98. The molecule has 2 aromatic heterocycles. The van der Waals surface area contributed by atoms with E-state index in [0.717, 1.165) is 40.2 Å². The summed E-state index contributed by atoms with van der Waals surface area (Å²) in [4.78, 5) is 27.5. The predicted molar refractivity (Wildman–Crippen MR) is 131 cm³/mol. The predicted octanol–water partition coefficient (Wildman–Crippen LogP) is 4.27. The highest BCUT2D eigenvalue weighted by molar-refractivity contribution is 9.09. The van der Waals surface area contributed by atoms with Crippen LogP contribution in [0.1, 0.15) is 50.8 Å². The van der Waals surface area contributed by atoms with Crippen LogP contribution in [0.5, 0.6) is 0 Å². The van der Waals surface area contributed by atoms with Crippen molar-refractivity contribution in [2.24, 2.45) is 7.05 Å². The average Bonchev–Trinajstić information content (AvgIpc) is 3.21. The summed E-state index contributed by atoms with van der Waals surface area (Å²) in [6.45, 7) is 6.73. The molecule has 1 aliphatic heterocycles. The SMILES string of the molecule is Cn1c(=O)c2cc(C#N)cc(CCBr)c2c2cnn(C3CCN(C(=O)OC(C)(C)C)CC3)c21. The van der Waals surface area contributed by atoms with Gasteiger partial charge in [-0.25, -0.2) is 9.48 Å². The van der Waals surface area contributed by atoms with Crippen LogP contribution in [0.25, 0.3) is 21.8 Å². The summed E-state index contributed by atoms with van der Waals surface area (Å²) in [5.74, 6) is 0. The number of aryl methyl sites for hydroxylation is 2. The Morgan fingerprint density at radius 1 is 1.27 bits per heavy atom. The van der Waals surface area contributed by atoms with Gasteiger partial charge in [0.15, 0.2) is 0 Å². The first-order valence-corrected chi connectivity index (χ1v) is 12.2. The Bertz CT molecular complexity index is 1320. The molecule has 0 bridgehead atoms. The van der Waals surface area contributed by atoms with Crippen LogP contribution in [0.3, 0.4) is 0 Å². The van der Waals surface area contributed by atoms with Crippen LogP contribution < -0.4 is 5.56 Å². The number of hydrogen-bond acceptors (Lipinski definition) is 5. The Labute approximate surface area is 200 Å². The monoisotopic (exact) mass is 513 g/mol. The maximum atomic E-state index is 13.3. The fourth-order valence-corrected chi connectivity index (χ4v) is 5.01. The van der Waals surface area contributed by atoms with Crippen molar-refractivity contribution < 1.29 is 9.53 Å². The number of carbonyl (C=O) groups excluding carboxylic acids is 1. The van der Waals surface area contributed by atoms with Gasteiger partial charge in [-0.15, -0.1) is 0 Å². The third-order valence-electron chi connectivity index (χ3n) is 6.07. The lowest BCUT2D eigenvalue weighted by Crippen LogP contribution is -2.42. The Hall–Kier alpha value is -2.86. The molecule has 4 rings (SSSR count). The largest absolute Gasteiger partial charge is 0.444 e. The highest BCUT2D eigenvalue weighted by Gasteiger charge is 2.29. The molecule has 0 saturated carbocycles. The van der Waals surface area contributed by atoms with Crippen molar-refractivity contribution in [2.75, 3.05) is 18.4 Å². The van der Waals surface area contributed by atoms with Gasteiger partial charge in [0.2, 0.25) is 0 Å². The lowest BCUT2D eigenvalue weighted by molar-refractivity contribution is 0.0186. The van der Waals surface area contributed by atoms with E-state index in [4.69, 9.17) is 4.74 Å². The summed E-state index contributed by atoms with van der Waals surface area (Å²) in [6.07, 6.45) is 3.68. The molecule has 1 saturated heterocycles. The number of halogens is 1. The van der Waals surface area contributed by atoms with Crippen LogP contribution in [0.15, 0.2) is 23.1 Å². The van der Waals surface area contributed by atoms with Crippen molar-refractivity contribution in [1.29, 1.82) is 5.26 Å². The molecule has 0 radical (unpaired) electrons. The number of likely N-dealkylation sites (tertiary alicyclic amines) is 1. The van der Waals surface area contributed by atoms with E-state index in [1.165, 1.54) is 0 Å². The van der Waals surface area contributed by atoms with Crippen LogP contribution in [0.2, 0.25) is 0 Å². The molecule has 1 amide bonds. The highest BCUT2D eigenvalue weighted by atomic mass is 79.9. The van der Waals surface area contributed by atoms with E-state index in [0.29, 0.717) is 30.5 Å². The molecule has 174 valence electrons. The number of fused-ring (bicyclic) bond motifs is 3. The van der Waals surface area contributed by atoms with Gasteiger partial charge in [-0.1, -0.05) is 15.9 Å². The van der Waals surface area contributed by atoms with Crippen LogP contribution in [0.4, 0.5) is 4.79 Å². The molecular weight excluding hydrogens is 486 g/mol. The fourth-order valence-electron chi connectivity index (χ4n) is 4.58. The van der Waals surface area contributed by atoms with Crippen molar-refractivity contribution in [3.05, 3.63) is 39.8 Å². The molecule has 3 aromatic rings. The maximum absolute atomic E-state index is 13.3. The number of rotatable bonds is 3. The molecule has 1 aliphatic rings. The van der Waals surface area contributed by atoms with Gasteiger partial charge in [0.25, 0.3) is 5.56 Å². The van der Waals surface area contributed by atoms with Gasteiger partial charge in [0.1, 0.15) is 11.2 Å². The number of pyridine rings is 1. The molecule has 33 heavy (non-hydrogen) atoms. The molecule has 1 fully saturated rings. The van der Waals surface area contributed by atoms with E-state index < -0.39 is 5.60 Å². The summed E-state index contributed by atoms with van der Waals surface area (Å²) in [7, 11) is 1.75. The number of ether oxygens (including phenoxy) is 1. The van der Waals surface area contributed by atoms with Gasteiger partial charge >= 0.3 is 6.09 Å². The Morgan fingerprint density at radius 2 is 1.97 bits per heavy atom. The average molecular weight is 514 g/mol. The smallest absolute Gasteiger partial charge is 0.410 e. The number of carbonyl (C=O) groups is 1. The molecule has 0 unspecified atom stereocenters. The topological polar surface area (TPSA) is 93.1 Å². The second kappa shape index (κ2) is 8.82. The first-order chi connectivity index (χ1) is 15.6. The zero-order valence-electron chi connectivity index (χ0n) is 19.4. The molecule has 0 aliphatic carbocycles. The van der Waals surface area contributed by atoms with E-state index in [-0.39, 0.29) is 17.7 Å². The van der Waals surface area contributed by atoms with Crippen molar-refractivity contribution >= 4 is 43.8 Å². The second-order valence-electron chi connectivity index (χ2n) is 9.50. The second-order valence-corrected chi connectivity index (χ2v) is 10.3. The minimum absolute atomic E-state index is 0.0715. The number of nitrogens with zero attached hydrogens (tertiary/aromatic N) is 5. The number of piperidine rings is 1. The third-order valence-corrected chi connectivity index (χ3v) is 6.46. The van der Waals surface area contributed by atoms with E-state index >= 15 is 0 Å². The zero-order chi connectivity index (χ0) is 23.9. The number of amides is 1. The summed E-state index contributed by atoms with van der Waals surface area (Å²) in [5, 5.41) is 17.2. The molecule has 0 atom stereocenters. The minimum Gasteiger partial charge on any atom is -0.444 e. The molecular formula is C24H28BrN5O3. The van der Waals surface area contributed by atoms with Crippen molar-refractivity contribution in [3.63, 3.8) is 0 Å². The van der Waals surface area contributed by atoms with Gasteiger partial charge in [-0.3, -0.25) is 9.36 Å². The van der Waals surface area contributed by atoms with Crippen LogP contribution in [0, 0.1) is 11.3 Å². The van der Waals surface area contributed by atoms with Gasteiger partial charge in [-0.2, -0.15) is 10.4 Å². The molecule has 3 heterocycles. The van der Waals surface area contributed by atoms with E-state index in [1.54, 1.807) is 22.6 Å². The van der Waals surface area contributed by atoms with Gasteiger partial charge in [0, 0.05) is 41.6 Å². The number of hydrogen-bond donors (Lipinski definition) is 0. The number of nitriles is 1. The zero-order valence-corrected chi connectivity index (χ0v) is 21.0. The molecule has 8 nitrogen and oxygen atoms in total. The van der Waals surface area contributed by atoms with Crippen molar-refractivity contribution in [3.8, 4) is 6.07 Å². The van der Waals surface area contributed by atoms with Crippen molar-refractivity contribution in [2.45, 2.75) is 51.7 Å². The van der Waals surface area contributed by atoms with Gasteiger partial charge in [0.05, 0.1) is 23.9 Å². The summed E-state index contributed by atoms with van der Waals surface area (Å²) >= 11 is 3.49. The third kappa shape index (κ3) is 4.36. The first-order valence-electron chi connectivity index (χ1n) is 11.1. The van der Waals surface area contributed by atoms with Crippen LogP contribution in [-0.4, -0.2) is 49.4 Å². The molecule has 0 spiro atoms. The van der Waals surface area contributed by atoms with Gasteiger partial charge < -0.3 is 9.64 Å². The quantitative estimate of drug-likeness (QED) is 0.487. The number of aromatic nitrogens is 3. The normalized spacial score (nSPS) is 15.2. The number of alkyl halides is 1. The van der Waals surface area contributed by atoms with E-state index in [1.807, 2.05) is 37.7 Å². The Balaban J connectivity index is 1.74. The highest BCUT2D eigenvalue weighted by Crippen LogP contribution is 2.32. The van der Waals surface area contributed by atoms with Gasteiger partial charge in [-0.05, 0) is 57.7 Å².